The molecule has 6 nitrogen and oxygen atoms in total. The van der Waals surface area contributed by atoms with E-state index < -0.39 is 12.1 Å². The molecule has 0 aromatic carbocycles. The highest BCUT2D eigenvalue weighted by atomic mass is 16.6. The summed E-state index contributed by atoms with van der Waals surface area (Å²) >= 11 is 0. The molecular formula is C41H76O6. The molecule has 0 radical (unpaired) electrons. The lowest BCUT2D eigenvalue weighted by atomic mass is 10.0. The zero-order valence-corrected chi connectivity index (χ0v) is 31.3. The first kappa shape index (κ1) is 45.2. The molecule has 0 aromatic rings. The second-order valence-corrected chi connectivity index (χ2v) is 13.6. The summed E-state index contributed by atoms with van der Waals surface area (Å²) in [7, 11) is 0. The van der Waals surface area contributed by atoms with Crippen LogP contribution in [0.15, 0.2) is 12.2 Å². The third-order valence-corrected chi connectivity index (χ3v) is 8.83. The predicted molar refractivity (Wildman–Crippen MR) is 196 cm³/mol. The quantitative estimate of drug-likeness (QED) is 0.0287. The smallest absolute Gasteiger partial charge is 0.306 e. The van der Waals surface area contributed by atoms with E-state index in [0.717, 1.165) is 44.9 Å². The zero-order valence-electron chi connectivity index (χ0n) is 31.3. The van der Waals surface area contributed by atoms with E-state index in [1.165, 1.54) is 142 Å². The highest BCUT2D eigenvalue weighted by Gasteiger charge is 2.18. The molecule has 0 saturated heterocycles. The van der Waals surface area contributed by atoms with Gasteiger partial charge in [0.1, 0.15) is 13.2 Å². The van der Waals surface area contributed by atoms with Crippen molar-refractivity contribution in [3.05, 3.63) is 12.2 Å². The Hall–Kier alpha value is -1.85. The Morgan fingerprint density at radius 1 is 0.447 bits per heavy atom. The van der Waals surface area contributed by atoms with E-state index in [9.17, 15) is 14.4 Å². The second kappa shape index (κ2) is 37.0. The van der Waals surface area contributed by atoms with Gasteiger partial charge in [-0.1, -0.05) is 167 Å². The van der Waals surface area contributed by atoms with Crippen molar-refractivity contribution < 1.29 is 28.6 Å². The summed E-state index contributed by atoms with van der Waals surface area (Å²) in [5, 5.41) is 0. The summed E-state index contributed by atoms with van der Waals surface area (Å²) in [5.74, 6) is -1.08. The first-order valence-electron chi connectivity index (χ1n) is 20.1. The van der Waals surface area contributed by atoms with Crippen LogP contribution >= 0.6 is 0 Å². The van der Waals surface area contributed by atoms with Gasteiger partial charge in [-0.05, 0) is 38.5 Å². The van der Waals surface area contributed by atoms with Crippen LogP contribution in [0.25, 0.3) is 0 Å². The maximum Gasteiger partial charge on any atom is 0.306 e. The van der Waals surface area contributed by atoms with Gasteiger partial charge in [0, 0.05) is 19.8 Å². The minimum absolute atomic E-state index is 0.0816. The molecular weight excluding hydrogens is 588 g/mol. The molecule has 276 valence electrons. The fourth-order valence-electron chi connectivity index (χ4n) is 5.81. The SMILES string of the molecule is CCCCCCCC/C=C\CCCCCCCC(=O)OCC(COC(C)=O)OC(=O)CCCCCCCCCCCCCCCCC. The summed E-state index contributed by atoms with van der Waals surface area (Å²) in [6, 6.07) is 0. The van der Waals surface area contributed by atoms with Gasteiger partial charge in [0.15, 0.2) is 6.10 Å². The van der Waals surface area contributed by atoms with Crippen molar-refractivity contribution in [1.29, 1.82) is 0 Å². The maximum atomic E-state index is 12.4. The summed E-state index contributed by atoms with van der Waals surface area (Å²) in [6.07, 6.45) is 39.4. The van der Waals surface area contributed by atoms with Crippen LogP contribution in [0, 0.1) is 0 Å². The van der Waals surface area contributed by atoms with Crippen LogP contribution in [-0.4, -0.2) is 37.2 Å². The fraction of sp³-hybridized carbons (Fsp3) is 0.878. The van der Waals surface area contributed by atoms with Gasteiger partial charge in [0.2, 0.25) is 0 Å². The minimum Gasteiger partial charge on any atom is -0.462 e. The van der Waals surface area contributed by atoms with Gasteiger partial charge < -0.3 is 14.2 Å². The summed E-state index contributed by atoms with van der Waals surface area (Å²) < 4.78 is 15.9. The average molecular weight is 665 g/mol. The Morgan fingerprint density at radius 2 is 0.787 bits per heavy atom. The van der Waals surface area contributed by atoms with Crippen molar-refractivity contribution in [3.8, 4) is 0 Å². The predicted octanol–water partition coefficient (Wildman–Crippen LogP) is 12.3. The first-order valence-corrected chi connectivity index (χ1v) is 20.1. The molecule has 6 heteroatoms. The highest BCUT2D eigenvalue weighted by Crippen LogP contribution is 2.15. The minimum atomic E-state index is -0.763. The van der Waals surface area contributed by atoms with Crippen molar-refractivity contribution in [3.63, 3.8) is 0 Å². The van der Waals surface area contributed by atoms with Crippen LogP contribution in [0.4, 0.5) is 0 Å². The number of esters is 3. The summed E-state index contributed by atoms with van der Waals surface area (Å²) in [5.41, 5.74) is 0. The average Bonchev–Trinajstić information content (AvgIpc) is 3.05. The third-order valence-electron chi connectivity index (χ3n) is 8.83. The van der Waals surface area contributed by atoms with E-state index >= 15 is 0 Å². The van der Waals surface area contributed by atoms with Gasteiger partial charge >= 0.3 is 17.9 Å². The first-order chi connectivity index (χ1) is 23.0. The highest BCUT2D eigenvalue weighted by molar-refractivity contribution is 5.70. The van der Waals surface area contributed by atoms with E-state index in [1.54, 1.807) is 0 Å². The molecule has 0 heterocycles. The second-order valence-electron chi connectivity index (χ2n) is 13.6. The van der Waals surface area contributed by atoms with Crippen molar-refractivity contribution in [2.45, 2.75) is 219 Å². The number of carbonyl (C=O) groups is 3. The lowest BCUT2D eigenvalue weighted by molar-refractivity contribution is -0.166. The molecule has 0 rings (SSSR count). The lowest BCUT2D eigenvalue weighted by Crippen LogP contribution is -2.30. The van der Waals surface area contributed by atoms with Gasteiger partial charge in [0.05, 0.1) is 0 Å². The largest absolute Gasteiger partial charge is 0.462 e. The van der Waals surface area contributed by atoms with Gasteiger partial charge in [-0.2, -0.15) is 0 Å². The van der Waals surface area contributed by atoms with Crippen LogP contribution in [0.3, 0.4) is 0 Å². The molecule has 47 heavy (non-hydrogen) atoms. The molecule has 0 fully saturated rings. The van der Waals surface area contributed by atoms with Crippen LogP contribution in [0.1, 0.15) is 213 Å². The van der Waals surface area contributed by atoms with Crippen molar-refractivity contribution >= 4 is 17.9 Å². The van der Waals surface area contributed by atoms with Crippen molar-refractivity contribution in [2.75, 3.05) is 13.2 Å². The zero-order chi connectivity index (χ0) is 34.5. The van der Waals surface area contributed by atoms with E-state index in [4.69, 9.17) is 14.2 Å². The van der Waals surface area contributed by atoms with E-state index in [0.29, 0.717) is 12.8 Å². The van der Waals surface area contributed by atoms with Crippen LogP contribution in [-0.2, 0) is 28.6 Å². The van der Waals surface area contributed by atoms with Crippen LogP contribution < -0.4 is 0 Å². The topological polar surface area (TPSA) is 78.9 Å². The Morgan fingerprint density at radius 3 is 1.19 bits per heavy atom. The molecule has 1 atom stereocenters. The lowest BCUT2D eigenvalue weighted by Gasteiger charge is -2.18. The monoisotopic (exact) mass is 665 g/mol. The molecule has 0 aliphatic heterocycles. The molecule has 0 aliphatic rings. The molecule has 1 unspecified atom stereocenters. The van der Waals surface area contributed by atoms with Crippen LogP contribution in [0.2, 0.25) is 0 Å². The van der Waals surface area contributed by atoms with Gasteiger partial charge in [-0.15, -0.1) is 0 Å². The Kier molecular flexibility index (Phi) is 35.5. The van der Waals surface area contributed by atoms with Crippen LogP contribution in [0.5, 0.6) is 0 Å². The summed E-state index contributed by atoms with van der Waals surface area (Å²) in [4.78, 5) is 35.9. The Balaban J connectivity index is 3.83. The molecule has 0 N–H and O–H groups in total. The fourth-order valence-corrected chi connectivity index (χ4v) is 5.81. The molecule has 0 aliphatic carbocycles. The number of hydrogen-bond acceptors (Lipinski definition) is 6. The third kappa shape index (κ3) is 36.8. The molecule has 0 saturated carbocycles. The van der Waals surface area contributed by atoms with Crippen molar-refractivity contribution in [2.24, 2.45) is 0 Å². The molecule has 0 spiro atoms. The van der Waals surface area contributed by atoms with Gasteiger partial charge in [0.25, 0.3) is 0 Å². The standard InChI is InChI=1S/C41H76O6/c1-4-6-8-10-12-14-16-18-20-22-24-26-28-30-32-34-40(43)46-37-39(36-45-38(3)42)47-41(44)35-33-31-29-27-25-23-21-19-17-15-13-11-9-7-5-2/h18,20,39H,4-17,19,21-37H2,1-3H3/b20-18-. The Labute approximate surface area is 290 Å². The number of hydrogen-bond donors (Lipinski definition) is 0. The van der Waals surface area contributed by atoms with E-state index in [-0.39, 0.29) is 25.2 Å². The van der Waals surface area contributed by atoms with Crippen molar-refractivity contribution in [1.82, 2.24) is 0 Å². The Bertz CT molecular complexity index is 733. The number of unbranched alkanes of at least 4 members (excludes halogenated alkanes) is 25. The summed E-state index contributed by atoms with van der Waals surface area (Å²) in [6.45, 7) is 5.66. The molecule has 0 bridgehead atoms. The number of carbonyl (C=O) groups excluding carboxylic acids is 3. The number of ether oxygens (including phenoxy) is 3. The van der Waals surface area contributed by atoms with Gasteiger partial charge in [-0.3, -0.25) is 14.4 Å². The molecule has 0 aromatic heterocycles. The number of rotatable bonds is 36. The van der Waals surface area contributed by atoms with E-state index in [2.05, 4.69) is 26.0 Å². The molecule has 0 amide bonds. The maximum absolute atomic E-state index is 12.4. The normalized spacial score (nSPS) is 12.0. The van der Waals surface area contributed by atoms with Gasteiger partial charge in [-0.25, -0.2) is 0 Å². The van der Waals surface area contributed by atoms with E-state index in [1.807, 2.05) is 0 Å². The number of allylic oxidation sites excluding steroid dienone is 2.